The summed E-state index contributed by atoms with van der Waals surface area (Å²) in [6.45, 7) is 1.94. The normalized spacial score (nSPS) is 19.7. The van der Waals surface area contributed by atoms with Crippen LogP contribution in [-0.2, 0) is 37.5 Å². The molecule has 1 fully saturated rings. The van der Waals surface area contributed by atoms with E-state index in [1.54, 1.807) is 12.2 Å². The van der Waals surface area contributed by atoms with Crippen molar-refractivity contribution in [3.05, 3.63) is 60.8 Å². The van der Waals surface area contributed by atoms with Gasteiger partial charge in [0.1, 0.15) is 18.5 Å². The smallest absolute Gasteiger partial charge is 0.462 e. The first kappa shape index (κ1) is 57.3. The van der Waals surface area contributed by atoms with Gasteiger partial charge in [-0.15, -0.1) is 0 Å². The number of hydrogen-bond acceptors (Lipinski definition) is 12. The standard InChI is InChI=1S/C48H81O13P/c1-3-5-7-8-9-10-11-12-13-14-15-16-17-18-19-20-21-22-28-32-48(55)61-42(39-60-62(56,57)59-37-41(51)36-49)38-58-47(54)31-27-24-23-26-30-43-44(46(53)35-45(43)52)34-33-40(50)29-25-6-4-2/h9-10,12-13,15-16,18-19,33-34,40-44,46,49-51,53H,3-8,11,14,17,20-32,35-39H2,1-2H3,(H,56,57)/b10-9-,13-12-,16-15-,19-18-,34-33+/t40-,41-,42+,43+,44+,46+/m0/s1. The Balaban J connectivity index is 2.44. The molecule has 0 heterocycles. The highest BCUT2D eigenvalue weighted by atomic mass is 31.2. The minimum absolute atomic E-state index is 0.0283. The molecule has 0 aromatic rings. The molecule has 1 rings (SSSR count). The summed E-state index contributed by atoms with van der Waals surface area (Å²) < 4.78 is 32.7. The SMILES string of the molecule is CCCCC/C=C\C/C=C\C/C=C\C/C=C\CCCCCC(=O)O[C@H](COC(=O)CCCCCC[C@H]1C(=O)C[C@@H](O)[C@@H]1/C=C/[C@@H](O)CCCCC)COP(=O)(O)OC[C@@H](O)CO. The molecule has 1 saturated carbocycles. The Labute approximate surface area is 372 Å². The maximum absolute atomic E-state index is 12.7. The summed E-state index contributed by atoms with van der Waals surface area (Å²) in [6, 6.07) is 0. The van der Waals surface area contributed by atoms with Gasteiger partial charge in [0.2, 0.25) is 0 Å². The maximum atomic E-state index is 12.7. The van der Waals surface area contributed by atoms with Gasteiger partial charge in [0.15, 0.2) is 6.10 Å². The number of unbranched alkanes of at least 4 members (excludes halogenated alkanes) is 11. The minimum Gasteiger partial charge on any atom is -0.462 e. The average Bonchev–Trinajstić information content (AvgIpc) is 3.52. The number of aliphatic hydroxyl groups is 4. The fourth-order valence-corrected chi connectivity index (χ4v) is 7.66. The van der Waals surface area contributed by atoms with Gasteiger partial charge in [-0.05, 0) is 70.6 Å². The van der Waals surface area contributed by atoms with Gasteiger partial charge in [0.25, 0.3) is 0 Å². The highest BCUT2D eigenvalue weighted by molar-refractivity contribution is 7.47. The number of esters is 2. The molecule has 62 heavy (non-hydrogen) atoms. The van der Waals surface area contributed by atoms with E-state index < -0.39 is 70.6 Å². The lowest BCUT2D eigenvalue weighted by Gasteiger charge is -2.20. The van der Waals surface area contributed by atoms with E-state index in [0.29, 0.717) is 32.1 Å². The Morgan fingerprint density at radius 3 is 1.90 bits per heavy atom. The molecule has 13 nitrogen and oxygen atoms in total. The third-order valence-electron chi connectivity index (χ3n) is 10.5. The van der Waals surface area contributed by atoms with Crippen LogP contribution in [0.4, 0.5) is 0 Å². The second-order valence-corrected chi connectivity index (χ2v) is 17.7. The molecule has 5 N–H and O–H groups in total. The van der Waals surface area contributed by atoms with Gasteiger partial charge in [-0.1, -0.05) is 132 Å². The summed E-state index contributed by atoms with van der Waals surface area (Å²) in [6.07, 6.45) is 35.1. The van der Waals surface area contributed by atoms with Crippen LogP contribution in [-0.4, -0.2) is 93.9 Å². The van der Waals surface area contributed by atoms with Crippen molar-refractivity contribution in [1.29, 1.82) is 0 Å². The van der Waals surface area contributed by atoms with E-state index in [-0.39, 0.29) is 36.9 Å². The van der Waals surface area contributed by atoms with Crippen LogP contribution in [0.15, 0.2) is 60.8 Å². The van der Waals surface area contributed by atoms with Gasteiger partial charge in [-0.2, -0.15) is 0 Å². The number of ketones is 1. The topological polar surface area (TPSA) is 206 Å². The monoisotopic (exact) mass is 897 g/mol. The van der Waals surface area contributed by atoms with E-state index >= 15 is 0 Å². The molecule has 1 unspecified atom stereocenters. The van der Waals surface area contributed by atoms with Crippen molar-refractivity contribution in [2.45, 2.75) is 186 Å². The third kappa shape index (κ3) is 31.2. The fourth-order valence-electron chi connectivity index (χ4n) is 6.87. The number of phosphoric acid groups is 1. The Morgan fingerprint density at radius 1 is 0.726 bits per heavy atom. The molecule has 356 valence electrons. The second kappa shape index (κ2) is 37.6. The molecule has 0 amide bonds. The van der Waals surface area contributed by atoms with Gasteiger partial charge in [-0.3, -0.25) is 23.4 Å². The van der Waals surface area contributed by atoms with E-state index in [9.17, 15) is 39.2 Å². The largest absolute Gasteiger partial charge is 0.472 e. The second-order valence-electron chi connectivity index (χ2n) is 16.2. The fraction of sp³-hybridized carbons (Fsp3) is 0.729. The van der Waals surface area contributed by atoms with Crippen LogP contribution in [0, 0.1) is 11.8 Å². The third-order valence-corrected chi connectivity index (χ3v) is 11.5. The number of hydrogen-bond donors (Lipinski definition) is 5. The van der Waals surface area contributed by atoms with Gasteiger partial charge in [0.05, 0.1) is 32.0 Å². The van der Waals surface area contributed by atoms with Crippen molar-refractivity contribution in [2.75, 3.05) is 26.4 Å². The highest BCUT2D eigenvalue weighted by Gasteiger charge is 2.39. The summed E-state index contributed by atoms with van der Waals surface area (Å²) in [7, 11) is -4.69. The molecular formula is C48H81O13P. The molecule has 0 bridgehead atoms. The summed E-state index contributed by atoms with van der Waals surface area (Å²) in [5.74, 6) is -1.71. The summed E-state index contributed by atoms with van der Waals surface area (Å²) in [5.41, 5.74) is 0. The zero-order chi connectivity index (χ0) is 45.7. The molecule has 0 spiro atoms. The number of aliphatic hydroxyl groups excluding tert-OH is 4. The zero-order valence-corrected chi connectivity index (χ0v) is 38.7. The summed E-state index contributed by atoms with van der Waals surface area (Å²) in [5, 5.41) is 39.1. The summed E-state index contributed by atoms with van der Waals surface area (Å²) >= 11 is 0. The molecule has 0 aromatic carbocycles. The van der Waals surface area contributed by atoms with Crippen molar-refractivity contribution >= 4 is 25.5 Å². The number of allylic oxidation sites excluding steroid dienone is 8. The molecule has 1 aliphatic rings. The molecule has 0 aromatic heterocycles. The lowest BCUT2D eigenvalue weighted by molar-refractivity contribution is -0.161. The molecule has 0 saturated heterocycles. The number of carbonyl (C=O) groups excluding carboxylic acids is 3. The molecule has 14 heteroatoms. The van der Waals surface area contributed by atoms with E-state index in [1.165, 1.54) is 19.3 Å². The van der Waals surface area contributed by atoms with Crippen molar-refractivity contribution in [3.63, 3.8) is 0 Å². The minimum atomic E-state index is -4.69. The van der Waals surface area contributed by atoms with E-state index in [1.807, 2.05) is 0 Å². The Hall–Kier alpha value is -2.74. The lowest BCUT2D eigenvalue weighted by Crippen LogP contribution is -2.29. The van der Waals surface area contributed by atoms with E-state index in [4.69, 9.17) is 19.1 Å². The van der Waals surface area contributed by atoms with E-state index in [2.05, 4.69) is 67.0 Å². The maximum Gasteiger partial charge on any atom is 0.472 e. The van der Waals surface area contributed by atoms with Gasteiger partial charge in [0, 0.05) is 31.1 Å². The van der Waals surface area contributed by atoms with Gasteiger partial charge in [-0.25, -0.2) is 4.57 Å². The van der Waals surface area contributed by atoms with Crippen LogP contribution >= 0.6 is 7.82 Å². The summed E-state index contributed by atoms with van der Waals surface area (Å²) in [4.78, 5) is 47.8. The Morgan fingerprint density at radius 2 is 1.27 bits per heavy atom. The lowest BCUT2D eigenvalue weighted by atomic mass is 9.88. The van der Waals surface area contributed by atoms with Crippen molar-refractivity contribution in [1.82, 2.24) is 0 Å². The van der Waals surface area contributed by atoms with Crippen molar-refractivity contribution in [3.8, 4) is 0 Å². The van der Waals surface area contributed by atoms with Crippen molar-refractivity contribution in [2.24, 2.45) is 11.8 Å². The molecule has 7 atom stereocenters. The Kier molecular flexibility index (Phi) is 34.8. The van der Waals surface area contributed by atoms with Gasteiger partial charge >= 0.3 is 19.8 Å². The first-order chi connectivity index (χ1) is 29.9. The number of ether oxygens (including phenoxy) is 2. The first-order valence-corrected chi connectivity index (χ1v) is 24.8. The molecule has 0 radical (unpaired) electrons. The van der Waals surface area contributed by atoms with Crippen molar-refractivity contribution < 1.29 is 62.8 Å². The predicted octanol–water partition coefficient (Wildman–Crippen LogP) is 9.26. The molecular weight excluding hydrogens is 815 g/mol. The van der Waals surface area contributed by atoms with Crippen LogP contribution < -0.4 is 0 Å². The zero-order valence-electron chi connectivity index (χ0n) is 37.8. The molecule has 0 aliphatic heterocycles. The quantitative estimate of drug-likeness (QED) is 0.0169. The molecule has 1 aliphatic carbocycles. The van der Waals surface area contributed by atoms with Crippen LogP contribution in [0.1, 0.15) is 162 Å². The van der Waals surface area contributed by atoms with E-state index in [0.717, 1.165) is 77.0 Å². The first-order valence-electron chi connectivity index (χ1n) is 23.3. The van der Waals surface area contributed by atoms with Crippen LogP contribution in [0.5, 0.6) is 0 Å². The van der Waals surface area contributed by atoms with Crippen LogP contribution in [0.3, 0.4) is 0 Å². The number of phosphoric ester groups is 1. The number of Topliss-reactive ketones (excluding diaryl/α,β-unsaturated/α-hetero) is 1. The predicted molar refractivity (Wildman–Crippen MR) is 243 cm³/mol. The Bertz CT molecular complexity index is 1380. The average molecular weight is 897 g/mol. The highest BCUT2D eigenvalue weighted by Crippen LogP contribution is 2.43. The van der Waals surface area contributed by atoms with Crippen LogP contribution in [0.2, 0.25) is 0 Å². The van der Waals surface area contributed by atoms with Crippen LogP contribution in [0.25, 0.3) is 0 Å². The van der Waals surface area contributed by atoms with Gasteiger partial charge < -0.3 is 34.8 Å². The number of rotatable bonds is 39. The number of carbonyl (C=O) groups is 3.